The summed E-state index contributed by atoms with van der Waals surface area (Å²) in [6.07, 6.45) is 1.53. The number of imidazole rings is 1. The van der Waals surface area contributed by atoms with Gasteiger partial charge in [-0.15, -0.1) is 0 Å². The number of benzene rings is 2. The molecule has 1 amide bonds. The molecular weight excluding hydrogens is 264 g/mol. The predicted octanol–water partition coefficient (Wildman–Crippen LogP) is 3.09. The Balaban J connectivity index is 1.90. The van der Waals surface area contributed by atoms with Crippen molar-refractivity contribution >= 4 is 22.6 Å². The van der Waals surface area contributed by atoms with Crippen molar-refractivity contribution in [2.24, 2.45) is 0 Å². The van der Waals surface area contributed by atoms with Gasteiger partial charge in [0.1, 0.15) is 0 Å². The minimum Gasteiger partial charge on any atom is -0.345 e. The van der Waals surface area contributed by atoms with E-state index in [9.17, 15) is 13.6 Å². The molecule has 100 valence electrons. The highest BCUT2D eigenvalue weighted by Gasteiger charge is 2.15. The molecule has 0 radical (unpaired) electrons. The van der Waals surface area contributed by atoms with Crippen molar-refractivity contribution in [3.63, 3.8) is 0 Å². The molecule has 20 heavy (non-hydrogen) atoms. The van der Waals surface area contributed by atoms with Crippen molar-refractivity contribution in [3.05, 3.63) is 59.9 Å². The number of rotatable bonds is 2. The first-order chi connectivity index (χ1) is 9.65. The number of nitrogens with zero attached hydrogens (tertiary/aromatic N) is 1. The van der Waals surface area contributed by atoms with E-state index in [4.69, 9.17) is 0 Å². The molecule has 0 saturated carbocycles. The summed E-state index contributed by atoms with van der Waals surface area (Å²) in [7, 11) is 0. The highest BCUT2D eigenvalue weighted by Crippen LogP contribution is 2.18. The van der Waals surface area contributed by atoms with E-state index >= 15 is 0 Å². The standard InChI is InChI=1S/C14H9F2N3O/c15-10-3-1-2-9(13(10)16)14(20)19-8-4-5-11-12(6-8)18-7-17-11/h1-7H,(H,17,18)(H,19,20). The Morgan fingerprint density at radius 2 is 2.05 bits per heavy atom. The summed E-state index contributed by atoms with van der Waals surface area (Å²) in [5.74, 6) is -2.92. The average Bonchev–Trinajstić information content (AvgIpc) is 2.89. The smallest absolute Gasteiger partial charge is 0.258 e. The number of amides is 1. The maximum absolute atomic E-state index is 13.5. The molecule has 6 heteroatoms. The van der Waals surface area contributed by atoms with E-state index < -0.39 is 17.5 Å². The molecule has 0 unspecified atom stereocenters. The third-order valence-electron chi connectivity index (χ3n) is 2.87. The van der Waals surface area contributed by atoms with Crippen LogP contribution in [0.5, 0.6) is 0 Å². The predicted molar refractivity (Wildman–Crippen MR) is 70.4 cm³/mol. The van der Waals surface area contributed by atoms with Crippen LogP contribution in [0.25, 0.3) is 11.0 Å². The van der Waals surface area contributed by atoms with Crippen molar-refractivity contribution in [2.75, 3.05) is 5.32 Å². The summed E-state index contributed by atoms with van der Waals surface area (Å²) in [6.45, 7) is 0. The fourth-order valence-electron chi connectivity index (χ4n) is 1.89. The average molecular weight is 273 g/mol. The van der Waals surface area contributed by atoms with Gasteiger partial charge in [0, 0.05) is 5.69 Å². The molecule has 2 aromatic carbocycles. The lowest BCUT2D eigenvalue weighted by atomic mass is 10.2. The number of H-pyrrole nitrogens is 1. The van der Waals surface area contributed by atoms with Gasteiger partial charge in [-0.3, -0.25) is 4.79 Å². The molecule has 0 atom stereocenters. The Morgan fingerprint density at radius 3 is 2.90 bits per heavy atom. The zero-order valence-electron chi connectivity index (χ0n) is 10.2. The number of hydrogen-bond acceptors (Lipinski definition) is 2. The summed E-state index contributed by atoms with van der Waals surface area (Å²) in [5.41, 5.74) is 1.62. The molecular formula is C14H9F2N3O. The summed E-state index contributed by atoms with van der Waals surface area (Å²) < 4.78 is 26.6. The lowest BCUT2D eigenvalue weighted by molar-refractivity contribution is 0.102. The lowest BCUT2D eigenvalue weighted by Crippen LogP contribution is -2.14. The lowest BCUT2D eigenvalue weighted by Gasteiger charge is -2.06. The summed E-state index contributed by atoms with van der Waals surface area (Å²) in [6, 6.07) is 8.48. The summed E-state index contributed by atoms with van der Waals surface area (Å²) in [5, 5.41) is 2.51. The molecule has 0 aliphatic carbocycles. The first kappa shape index (κ1) is 12.3. The first-order valence-corrected chi connectivity index (χ1v) is 5.83. The number of hydrogen-bond donors (Lipinski definition) is 2. The van der Waals surface area contributed by atoms with Crippen molar-refractivity contribution in [1.29, 1.82) is 0 Å². The highest BCUT2D eigenvalue weighted by molar-refractivity contribution is 6.05. The van der Waals surface area contributed by atoms with Gasteiger partial charge in [0.25, 0.3) is 5.91 Å². The third-order valence-corrected chi connectivity index (χ3v) is 2.87. The van der Waals surface area contributed by atoms with E-state index in [2.05, 4.69) is 15.3 Å². The number of fused-ring (bicyclic) bond motifs is 1. The van der Waals surface area contributed by atoms with Crippen molar-refractivity contribution in [2.45, 2.75) is 0 Å². The molecule has 3 rings (SSSR count). The Kier molecular flexibility index (Phi) is 2.90. The maximum atomic E-state index is 13.5. The zero-order valence-corrected chi connectivity index (χ0v) is 10.2. The number of aromatic amines is 1. The Morgan fingerprint density at radius 1 is 1.20 bits per heavy atom. The van der Waals surface area contributed by atoms with Crippen molar-refractivity contribution in [1.82, 2.24) is 9.97 Å². The molecule has 0 aliphatic heterocycles. The van der Waals surface area contributed by atoms with Gasteiger partial charge in [0.2, 0.25) is 0 Å². The highest BCUT2D eigenvalue weighted by atomic mass is 19.2. The normalized spacial score (nSPS) is 10.7. The van der Waals surface area contributed by atoms with Crippen LogP contribution in [0, 0.1) is 11.6 Å². The zero-order chi connectivity index (χ0) is 14.1. The van der Waals surface area contributed by atoms with Crippen molar-refractivity contribution < 1.29 is 13.6 Å². The SMILES string of the molecule is O=C(Nc1ccc2nc[nH]c2c1)c1cccc(F)c1F. The third kappa shape index (κ3) is 2.11. The van der Waals surface area contributed by atoms with E-state index in [1.165, 1.54) is 18.5 Å². The van der Waals surface area contributed by atoms with Crippen LogP contribution in [-0.4, -0.2) is 15.9 Å². The summed E-state index contributed by atoms with van der Waals surface area (Å²) >= 11 is 0. The molecule has 2 N–H and O–H groups in total. The second-order valence-corrected chi connectivity index (χ2v) is 4.19. The number of carbonyl (C=O) groups is 1. The van der Waals surface area contributed by atoms with E-state index in [1.54, 1.807) is 18.2 Å². The van der Waals surface area contributed by atoms with Gasteiger partial charge in [-0.05, 0) is 30.3 Å². The van der Waals surface area contributed by atoms with E-state index in [-0.39, 0.29) is 5.56 Å². The van der Waals surface area contributed by atoms with Crippen LogP contribution in [0.4, 0.5) is 14.5 Å². The number of anilines is 1. The Labute approximate surface area is 112 Å². The Hall–Kier alpha value is -2.76. The minimum absolute atomic E-state index is 0.338. The second kappa shape index (κ2) is 4.73. The Bertz CT molecular complexity index is 798. The van der Waals surface area contributed by atoms with Crippen LogP contribution in [0.15, 0.2) is 42.7 Å². The number of nitrogens with one attached hydrogen (secondary N) is 2. The number of halogens is 2. The number of carbonyl (C=O) groups excluding carboxylic acids is 1. The molecule has 1 heterocycles. The molecule has 0 bridgehead atoms. The molecule has 0 fully saturated rings. The number of aromatic nitrogens is 2. The van der Waals surface area contributed by atoms with Crippen LogP contribution in [0.1, 0.15) is 10.4 Å². The van der Waals surface area contributed by atoms with Gasteiger partial charge in [-0.2, -0.15) is 0 Å². The van der Waals surface area contributed by atoms with Crippen LogP contribution < -0.4 is 5.32 Å². The monoisotopic (exact) mass is 273 g/mol. The van der Waals surface area contributed by atoms with Crippen LogP contribution in [0.2, 0.25) is 0 Å². The van der Waals surface area contributed by atoms with E-state index in [0.717, 1.165) is 17.1 Å². The van der Waals surface area contributed by atoms with Crippen LogP contribution in [-0.2, 0) is 0 Å². The molecule has 0 saturated heterocycles. The van der Waals surface area contributed by atoms with Gasteiger partial charge < -0.3 is 10.3 Å². The van der Waals surface area contributed by atoms with E-state index in [0.29, 0.717) is 5.69 Å². The van der Waals surface area contributed by atoms with Gasteiger partial charge in [0.05, 0.1) is 22.9 Å². The van der Waals surface area contributed by atoms with Gasteiger partial charge >= 0.3 is 0 Å². The fourth-order valence-corrected chi connectivity index (χ4v) is 1.89. The molecule has 0 aliphatic rings. The van der Waals surface area contributed by atoms with Gasteiger partial charge in [0.15, 0.2) is 11.6 Å². The summed E-state index contributed by atoms with van der Waals surface area (Å²) in [4.78, 5) is 18.9. The van der Waals surface area contributed by atoms with Crippen LogP contribution >= 0.6 is 0 Å². The van der Waals surface area contributed by atoms with Crippen molar-refractivity contribution in [3.8, 4) is 0 Å². The second-order valence-electron chi connectivity index (χ2n) is 4.19. The molecule has 0 spiro atoms. The van der Waals surface area contributed by atoms with Gasteiger partial charge in [-0.25, -0.2) is 13.8 Å². The fraction of sp³-hybridized carbons (Fsp3) is 0. The van der Waals surface area contributed by atoms with Crippen LogP contribution in [0.3, 0.4) is 0 Å². The first-order valence-electron chi connectivity index (χ1n) is 5.83. The van der Waals surface area contributed by atoms with E-state index in [1.807, 2.05) is 0 Å². The topological polar surface area (TPSA) is 57.8 Å². The quantitative estimate of drug-likeness (QED) is 0.753. The molecule has 3 aromatic rings. The molecule has 1 aromatic heterocycles. The largest absolute Gasteiger partial charge is 0.345 e. The maximum Gasteiger partial charge on any atom is 0.258 e. The molecule has 4 nitrogen and oxygen atoms in total. The van der Waals surface area contributed by atoms with Gasteiger partial charge in [-0.1, -0.05) is 6.07 Å². The minimum atomic E-state index is -1.16.